The number of rotatable bonds is 5. The lowest BCUT2D eigenvalue weighted by molar-refractivity contribution is -0.00000519. The molecule has 1 aromatic heterocycles. The van der Waals surface area contributed by atoms with Crippen LogP contribution in [-0.4, -0.2) is 11.3 Å². The molecule has 27 heavy (non-hydrogen) atoms. The number of thiazole rings is 1. The summed E-state index contributed by atoms with van der Waals surface area (Å²) in [5, 5.41) is 11.1. The predicted octanol–water partition coefficient (Wildman–Crippen LogP) is 1.76. The van der Waals surface area contributed by atoms with Gasteiger partial charge in [-0.1, -0.05) is 54.6 Å². The fourth-order valence-corrected chi connectivity index (χ4v) is 3.96. The van der Waals surface area contributed by atoms with E-state index >= 15 is 0 Å². The van der Waals surface area contributed by atoms with E-state index in [9.17, 15) is 0 Å². The molecule has 2 heterocycles. The van der Waals surface area contributed by atoms with E-state index in [1.165, 1.54) is 4.88 Å². The van der Waals surface area contributed by atoms with Gasteiger partial charge >= 0.3 is 6.34 Å². The molecule has 0 radical (unpaired) electrons. The summed E-state index contributed by atoms with van der Waals surface area (Å²) < 4.78 is 0. The van der Waals surface area contributed by atoms with Crippen molar-refractivity contribution in [2.45, 2.75) is 26.7 Å². The summed E-state index contributed by atoms with van der Waals surface area (Å²) in [5.74, 6) is 0. The number of hydrogen-bond acceptors (Lipinski definition) is 6. The summed E-state index contributed by atoms with van der Waals surface area (Å²) in [6.45, 7) is 4.32. The topological polar surface area (TPSA) is 35.0 Å². The first-order valence-corrected chi connectivity index (χ1v) is 9.58. The molecule has 5 nitrogen and oxygen atoms in total. The summed E-state index contributed by atoms with van der Waals surface area (Å²) in [7, 11) is 0. The molecule has 0 amide bonds. The van der Waals surface area contributed by atoms with Gasteiger partial charge in [0.1, 0.15) is 0 Å². The van der Waals surface area contributed by atoms with Gasteiger partial charge in [0, 0.05) is 22.1 Å². The van der Waals surface area contributed by atoms with E-state index in [2.05, 4.69) is 25.3 Å². The van der Waals surface area contributed by atoms with Crippen molar-refractivity contribution in [1.82, 2.24) is 4.98 Å². The van der Waals surface area contributed by atoms with Crippen molar-refractivity contribution in [3.8, 4) is 0 Å². The second-order valence-electron chi connectivity index (χ2n) is 5.84. The number of para-hydroxylation sites is 2. The Hall–Kier alpha value is -2.47. The molecule has 0 N–H and O–H groups in total. The van der Waals surface area contributed by atoms with Gasteiger partial charge in [-0.05, 0) is 42.1 Å². The van der Waals surface area contributed by atoms with Crippen LogP contribution in [0.5, 0.6) is 0 Å². The van der Waals surface area contributed by atoms with Crippen LogP contribution in [0.4, 0.5) is 16.5 Å². The Balaban J connectivity index is 0.00000210. The number of halogens is 1. The van der Waals surface area contributed by atoms with Gasteiger partial charge in [-0.2, -0.15) is 0 Å². The first-order valence-electron chi connectivity index (χ1n) is 8.77. The molecule has 3 aromatic rings. The molecule has 0 aliphatic carbocycles. The molecule has 0 spiro atoms. The molecule has 0 unspecified atom stereocenters. The lowest BCUT2D eigenvalue weighted by Gasteiger charge is -2.25. The van der Waals surface area contributed by atoms with E-state index in [-0.39, 0.29) is 17.0 Å². The molecule has 0 fully saturated rings. The zero-order chi connectivity index (χ0) is 17.9. The SMILES string of the molecule is CCc1nc(N2N(c3ccccc3)[C+]=NN2c2ccccc2)sc1CC.[Br-]. The van der Waals surface area contributed by atoms with Gasteiger partial charge in [0.15, 0.2) is 0 Å². The second-order valence-corrected chi connectivity index (χ2v) is 6.90. The minimum atomic E-state index is 0. The fourth-order valence-electron chi connectivity index (χ4n) is 2.89. The Morgan fingerprint density at radius 1 is 0.889 bits per heavy atom. The lowest BCUT2D eigenvalue weighted by atomic mass is 10.2. The van der Waals surface area contributed by atoms with Gasteiger partial charge in [-0.3, -0.25) is 0 Å². The number of hydrazone groups is 1. The Morgan fingerprint density at radius 3 is 2.07 bits per heavy atom. The monoisotopic (exact) mass is 441 g/mol. The molecule has 0 bridgehead atoms. The number of aromatic nitrogens is 1. The van der Waals surface area contributed by atoms with E-state index in [1.807, 2.05) is 75.9 Å². The van der Waals surface area contributed by atoms with Gasteiger partial charge in [0.2, 0.25) is 10.8 Å². The number of aryl methyl sites for hydroxylation is 2. The van der Waals surface area contributed by atoms with Crippen LogP contribution >= 0.6 is 11.3 Å². The van der Waals surface area contributed by atoms with Crippen LogP contribution in [-0.2, 0) is 12.8 Å². The Kier molecular flexibility index (Phi) is 6.06. The maximum Gasteiger partial charge on any atom is 0.368 e. The van der Waals surface area contributed by atoms with Crippen LogP contribution in [0.1, 0.15) is 24.4 Å². The third-order valence-corrected chi connectivity index (χ3v) is 5.39. The molecule has 1 aliphatic rings. The normalized spacial score (nSPS) is 12.9. The van der Waals surface area contributed by atoms with Gasteiger partial charge in [-0.15, -0.1) is 5.12 Å². The van der Waals surface area contributed by atoms with E-state index in [0.29, 0.717) is 0 Å². The molecule has 2 aromatic carbocycles. The van der Waals surface area contributed by atoms with Crippen LogP contribution in [0.2, 0.25) is 0 Å². The van der Waals surface area contributed by atoms with Crippen LogP contribution in [0.15, 0.2) is 65.8 Å². The van der Waals surface area contributed by atoms with Crippen molar-refractivity contribution >= 4 is 34.2 Å². The smallest absolute Gasteiger partial charge is 0.368 e. The summed E-state index contributed by atoms with van der Waals surface area (Å²) in [4.78, 5) is 6.21. The molecule has 7 heteroatoms. The molecule has 0 atom stereocenters. The highest BCUT2D eigenvalue weighted by Crippen LogP contribution is 2.35. The average Bonchev–Trinajstić information content (AvgIpc) is 3.33. The van der Waals surface area contributed by atoms with Crippen LogP contribution < -0.4 is 32.2 Å². The third kappa shape index (κ3) is 3.67. The molecular weight excluding hydrogens is 422 g/mol. The van der Waals surface area contributed by atoms with Crippen molar-refractivity contribution < 1.29 is 17.0 Å². The summed E-state index contributed by atoms with van der Waals surface area (Å²) >= 11 is 1.71. The van der Waals surface area contributed by atoms with Crippen LogP contribution in [0.3, 0.4) is 0 Å². The summed E-state index contributed by atoms with van der Waals surface area (Å²) in [5.41, 5.74) is 3.10. The standard InChI is InChI=1S/C20H20N5S.BrH/c1-3-18-19(4-2)26-20(22-18)25-23(16-11-7-5-8-12-16)15-21-24(25)17-13-9-6-10-14-17;/h5-14H,3-4H2,1-2H3;1H/q+1;/p-1. The molecule has 0 saturated carbocycles. The Bertz CT molecular complexity index is 826. The highest BCUT2D eigenvalue weighted by Gasteiger charge is 2.40. The zero-order valence-electron chi connectivity index (χ0n) is 15.2. The number of benzene rings is 2. The van der Waals surface area contributed by atoms with Crippen LogP contribution in [0.25, 0.3) is 0 Å². The largest absolute Gasteiger partial charge is 1.00 e. The average molecular weight is 442 g/mol. The van der Waals surface area contributed by atoms with E-state index in [0.717, 1.165) is 35.0 Å². The molecule has 0 saturated heterocycles. The Labute approximate surface area is 174 Å². The third-order valence-electron chi connectivity index (χ3n) is 4.19. The minimum absolute atomic E-state index is 0. The van der Waals surface area contributed by atoms with Crippen molar-refractivity contribution in [1.29, 1.82) is 0 Å². The van der Waals surface area contributed by atoms with Gasteiger partial charge in [0.05, 0.1) is 11.4 Å². The van der Waals surface area contributed by atoms with E-state index in [1.54, 1.807) is 11.3 Å². The molecule has 138 valence electrons. The van der Waals surface area contributed by atoms with Gasteiger partial charge < -0.3 is 17.0 Å². The maximum atomic E-state index is 4.89. The van der Waals surface area contributed by atoms with Gasteiger partial charge in [0.25, 0.3) is 0 Å². The van der Waals surface area contributed by atoms with Gasteiger partial charge in [-0.25, -0.2) is 4.98 Å². The molecule has 1 aliphatic heterocycles. The Morgan fingerprint density at radius 2 is 1.52 bits per heavy atom. The highest BCUT2D eigenvalue weighted by atomic mass is 79.9. The number of nitrogens with zero attached hydrogens (tertiary/aromatic N) is 5. The maximum absolute atomic E-state index is 4.89. The number of hydrazine groups is 2. The summed E-state index contributed by atoms with van der Waals surface area (Å²) in [6, 6.07) is 20.2. The lowest BCUT2D eigenvalue weighted by Crippen LogP contribution is -3.00. The molecule has 4 rings (SSSR count). The predicted molar refractivity (Wildman–Crippen MR) is 109 cm³/mol. The minimum Gasteiger partial charge on any atom is -1.00 e. The van der Waals surface area contributed by atoms with Crippen LogP contribution in [0, 0.1) is 0 Å². The number of hydrogen-bond donors (Lipinski definition) is 0. The zero-order valence-corrected chi connectivity index (χ0v) is 17.6. The fraction of sp³-hybridized carbons (Fsp3) is 0.200. The second kappa shape index (κ2) is 8.48. The van der Waals surface area contributed by atoms with Crippen molar-refractivity contribution in [2.24, 2.45) is 5.10 Å². The highest BCUT2D eigenvalue weighted by molar-refractivity contribution is 7.15. The van der Waals surface area contributed by atoms with E-state index in [4.69, 9.17) is 4.98 Å². The number of anilines is 3. The quantitative estimate of drug-likeness (QED) is 0.565. The van der Waals surface area contributed by atoms with Crippen molar-refractivity contribution in [2.75, 3.05) is 15.2 Å². The van der Waals surface area contributed by atoms with Crippen molar-refractivity contribution in [3.63, 3.8) is 0 Å². The van der Waals surface area contributed by atoms with E-state index < -0.39 is 0 Å². The molecular formula is C20H20BrN5S. The summed E-state index contributed by atoms with van der Waals surface area (Å²) in [6.07, 6.45) is 5.02. The first kappa shape index (κ1) is 19.3. The van der Waals surface area contributed by atoms with Crippen molar-refractivity contribution in [3.05, 3.63) is 71.2 Å². The first-order chi connectivity index (χ1) is 12.8.